The number of aromatic carboxylic acids is 1. The largest absolute Gasteiger partial charge is 0.611 e. The summed E-state index contributed by atoms with van der Waals surface area (Å²) in [6.45, 7) is 5.12. The van der Waals surface area contributed by atoms with Gasteiger partial charge < -0.3 is 14.4 Å². The quantitative estimate of drug-likeness (QED) is 0.614. The van der Waals surface area contributed by atoms with E-state index in [2.05, 4.69) is 4.98 Å². The normalized spacial score (nSPS) is 11.9. The predicted molar refractivity (Wildman–Crippen MR) is 99.0 cm³/mol. The number of carbonyl (C=O) groups excluding carboxylic acids is 1. The van der Waals surface area contributed by atoms with Crippen LogP contribution in [0.15, 0.2) is 29.2 Å². The van der Waals surface area contributed by atoms with Gasteiger partial charge in [-0.05, 0) is 43.6 Å². The average molecular weight is 375 g/mol. The number of esters is 1. The minimum Gasteiger partial charge on any atom is -0.611 e. The molecule has 0 saturated carbocycles. The van der Waals surface area contributed by atoms with Crippen molar-refractivity contribution >= 4 is 23.1 Å². The van der Waals surface area contributed by atoms with E-state index in [1.165, 1.54) is 7.11 Å². The summed E-state index contributed by atoms with van der Waals surface area (Å²) in [5.41, 5.74) is 1.30. The van der Waals surface area contributed by atoms with Crippen LogP contribution in [0, 0.1) is 13.8 Å². The number of hydrogen-bond acceptors (Lipinski definition) is 5. The standard InChI is InChI=1S/C19H21NO5S/c1-5-10-26(24)14-9-7-6-8-13(14)17-15(18(21)22)11(2)20-12(3)16(17)19(23)25-4/h6-9H,5,10H2,1-4H3,(H,21,22). The molecule has 0 radical (unpaired) electrons. The molecule has 1 aromatic carbocycles. The molecule has 0 bridgehead atoms. The number of carbonyl (C=O) groups is 2. The highest BCUT2D eigenvalue weighted by atomic mass is 32.2. The molecule has 0 aliphatic carbocycles. The summed E-state index contributed by atoms with van der Waals surface area (Å²) in [5.74, 6) is -1.44. The van der Waals surface area contributed by atoms with Gasteiger partial charge in [0.2, 0.25) is 0 Å². The average Bonchev–Trinajstić information content (AvgIpc) is 2.60. The van der Waals surface area contributed by atoms with Crippen LogP contribution in [0.25, 0.3) is 11.1 Å². The van der Waals surface area contributed by atoms with Crippen LogP contribution in [0.1, 0.15) is 45.4 Å². The van der Waals surface area contributed by atoms with Crippen molar-refractivity contribution in [3.63, 3.8) is 0 Å². The zero-order valence-corrected chi connectivity index (χ0v) is 16.0. The van der Waals surface area contributed by atoms with Crippen molar-refractivity contribution in [2.24, 2.45) is 0 Å². The molecule has 0 amide bonds. The number of carboxylic acids is 1. The summed E-state index contributed by atoms with van der Waals surface area (Å²) >= 11 is -1.32. The Hall–Kier alpha value is -2.38. The van der Waals surface area contributed by atoms with Gasteiger partial charge in [-0.2, -0.15) is 0 Å². The highest BCUT2D eigenvalue weighted by molar-refractivity contribution is 7.91. The van der Waals surface area contributed by atoms with Crippen LogP contribution in [0.4, 0.5) is 0 Å². The molecule has 26 heavy (non-hydrogen) atoms. The Morgan fingerprint density at radius 3 is 2.38 bits per heavy atom. The lowest BCUT2D eigenvalue weighted by molar-refractivity contribution is 0.0600. The number of pyridine rings is 1. The van der Waals surface area contributed by atoms with Crippen LogP contribution in [-0.4, -0.2) is 39.4 Å². The third kappa shape index (κ3) is 3.73. The molecule has 7 heteroatoms. The number of ether oxygens (including phenoxy) is 1. The molecule has 0 spiro atoms. The van der Waals surface area contributed by atoms with Crippen molar-refractivity contribution in [3.8, 4) is 11.1 Å². The van der Waals surface area contributed by atoms with E-state index < -0.39 is 23.1 Å². The van der Waals surface area contributed by atoms with Crippen molar-refractivity contribution in [2.45, 2.75) is 32.1 Å². The minimum atomic E-state index is -1.32. The van der Waals surface area contributed by atoms with E-state index in [-0.39, 0.29) is 22.4 Å². The topological polar surface area (TPSA) is 99.5 Å². The van der Waals surface area contributed by atoms with Crippen LogP contribution in [-0.2, 0) is 15.9 Å². The first-order chi connectivity index (χ1) is 12.3. The molecule has 1 unspecified atom stereocenters. The molecule has 1 atom stereocenters. The van der Waals surface area contributed by atoms with E-state index in [4.69, 9.17) is 4.74 Å². The smallest absolute Gasteiger partial charge is 0.340 e. The van der Waals surface area contributed by atoms with Gasteiger partial charge in [-0.3, -0.25) is 4.98 Å². The number of carboxylic acid groups (broad SMARTS) is 1. The summed E-state index contributed by atoms with van der Waals surface area (Å²) < 4.78 is 17.5. The summed E-state index contributed by atoms with van der Waals surface area (Å²) in [6.07, 6.45) is 0.713. The monoisotopic (exact) mass is 375 g/mol. The van der Waals surface area contributed by atoms with Crippen LogP contribution >= 0.6 is 0 Å². The van der Waals surface area contributed by atoms with E-state index in [0.29, 0.717) is 28.3 Å². The lowest BCUT2D eigenvalue weighted by Gasteiger charge is -2.19. The number of rotatable bonds is 6. The lowest BCUT2D eigenvalue weighted by atomic mass is 9.92. The molecule has 138 valence electrons. The molecule has 1 N–H and O–H groups in total. The van der Waals surface area contributed by atoms with Gasteiger partial charge in [-0.1, -0.05) is 19.1 Å². The molecule has 1 heterocycles. The predicted octanol–water partition coefficient (Wildman–Crippen LogP) is 3.37. The van der Waals surface area contributed by atoms with Gasteiger partial charge in [0.25, 0.3) is 0 Å². The van der Waals surface area contributed by atoms with Crippen molar-refractivity contribution in [2.75, 3.05) is 12.9 Å². The van der Waals surface area contributed by atoms with E-state index in [1.54, 1.807) is 38.1 Å². The fraction of sp³-hybridized carbons (Fsp3) is 0.316. The van der Waals surface area contributed by atoms with Gasteiger partial charge in [0, 0.05) is 11.1 Å². The molecular weight excluding hydrogens is 354 g/mol. The van der Waals surface area contributed by atoms with Crippen LogP contribution < -0.4 is 0 Å². The second-order valence-corrected chi connectivity index (χ2v) is 7.29. The molecule has 2 aromatic rings. The number of nitrogens with zero attached hydrogens (tertiary/aromatic N) is 1. The van der Waals surface area contributed by atoms with Crippen LogP contribution in [0.2, 0.25) is 0 Å². The van der Waals surface area contributed by atoms with Gasteiger partial charge in [-0.25, -0.2) is 9.59 Å². The zero-order chi connectivity index (χ0) is 19.4. The Balaban J connectivity index is 2.93. The maximum atomic E-state index is 12.7. The Kier molecular flexibility index (Phi) is 6.39. The number of aryl methyl sites for hydroxylation is 2. The fourth-order valence-corrected chi connectivity index (χ4v) is 4.14. The molecule has 6 nitrogen and oxygen atoms in total. The van der Waals surface area contributed by atoms with Gasteiger partial charge in [0.15, 0.2) is 4.90 Å². The number of aromatic nitrogens is 1. The maximum absolute atomic E-state index is 12.7. The minimum absolute atomic E-state index is 0.0800. The molecule has 0 fully saturated rings. The van der Waals surface area contributed by atoms with E-state index >= 15 is 0 Å². The third-order valence-corrected chi connectivity index (χ3v) is 5.58. The molecule has 0 aliphatic rings. The second kappa shape index (κ2) is 8.33. The highest BCUT2D eigenvalue weighted by Crippen LogP contribution is 2.36. The number of benzene rings is 1. The SMILES string of the molecule is CCC[S+]([O-])c1ccccc1-c1c(C(=O)O)c(C)nc(C)c1C(=O)OC. The lowest BCUT2D eigenvalue weighted by Crippen LogP contribution is -2.16. The highest BCUT2D eigenvalue weighted by Gasteiger charge is 2.30. The van der Waals surface area contributed by atoms with Crippen molar-refractivity contribution in [1.29, 1.82) is 0 Å². The first kappa shape index (κ1) is 19.9. The Bertz CT molecular complexity index is 850. The Morgan fingerprint density at radius 2 is 1.81 bits per heavy atom. The van der Waals surface area contributed by atoms with Crippen molar-refractivity contribution in [1.82, 2.24) is 4.98 Å². The van der Waals surface area contributed by atoms with Crippen LogP contribution in [0.3, 0.4) is 0 Å². The molecular formula is C19H21NO5S. The van der Waals surface area contributed by atoms with Crippen molar-refractivity contribution < 1.29 is 24.0 Å². The first-order valence-corrected chi connectivity index (χ1v) is 9.45. The van der Waals surface area contributed by atoms with Crippen LogP contribution in [0.5, 0.6) is 0 Å². The van der Waals surface area contributed by atoms with E-state index in [1.807, 2.05) is 6.92 Å². The summed E-state index contributed by atoms with van der Waals surface area (Å²) in [7, 11) is 1.23. The van der Waals surface area contributed by atoms with Gasteiger partial charge in [0.1, 0.15) is 5.75 Å². The van der Waals surface area contributed by atoms with Crippen molar-refractivity contribution in [3.05, 3.63) is 46.8 Å². The number of methoxy groups -OCH3 is 1. The molecule has 0 saturated heterocycles. The van der Waals surface area contributed by atoms with Gasteiger partial charge in [0.05, 0.1) is 29.6 Å². The van der Waals surface area contributed by atoms with E-state index in [9.17, 15) is 19.2 Å². The molecule has 2 rings (SSSR count). The van der Waals surface area contributed by atoms with Gasteiger partial charge >= 0.3 is 11.9 Å². The number of hydrogen-bond donors (Lipinski definition) is 1. The second-order valence-electron chi connectivity index (χ2n) is 5.75. The molecule has 0 aliphatic heterocycles. The first-order valence-electron chi connectivity index (χ1n) is 8.14. The summed E-state index contributed by atoms with van der Waals surface area (Å²) in [6, 6.07) is 6.83. The zero-order valence-electron chi connectivity index (χ0n) is 15.2. The Morgan fingerprint density at radius 1 is 1.19 bits per heavy atom. The van der Waals surface area contributed by atoms with E-state index in [0.717, 1.165) is 0 Å². The molecule has 1 aromatic heterocycles. The fourth-order valence-electron chi connectivity index (χ4n) is 2.90. The summed E-state index contributed by atoms with van der Waals surface area (Å²) in [4.78, 5) is 29.0. The maximum Gasteiger partial charge on any atom is 0.340 e. The summed E-state index contributed by atoms with van der Waals surface area (Å²) in [5, 5.41) is 9.74. The Labute approximate surface area is 155 Å². The third-order valence-electron chi connectivity index (χ3n) is 3.95. The van der Waals surface area contributed by atoms with Gasteiger partial charge in [-0.15, -0.1) is 0 Å².